The number of carbonyl (C=O) groups excluding carboxylic acids is 1. The van der Waals surface area contributed by atoms with Crippen molar-refractivity contribution in [2.24, 2.45) is 0 Å². The number of carboxylic acids is 1. The minimum absolute atomic E-state index is 0.000200. The first kappa shape index (κ1) is 18.3. The van der Waals surface area contributed by atoms with Crippen molar-refractivity contribution in [1.82, 2.24) is 10.5 Å². The summed E-state index contributed by atoms with van der Waals surface area (Å²) < 4.78 is 5.27. The average Bonchev–Trinajstić information content (AvgIpc) is 2.89. The van der Waals surface area contributed by atoms with Gasteiger partial charge in [0.25, 0.3) is 0 Å². The van der Waals surface area contributed by atoms with E-state index in [4.69, 9.17) is 4.52 Å². The van der Waals surface area contributed by atoms with Crippen LogP contribution < -0.4 is 5.32 Å². The zero-order valence-corrected chi connectivity index (χ0v) is 14.9. The molecule has 1 unspecified atom stereocenters. The van der Waals surface area contributed by atoms with Crippen LogP contribution in [-0.4, -0.2) is 39.7 Å². The Morgan fingerprint density at radius 1 is 1.33 bits per heavy atom. The van der Waals surface area contributed by atoms with Gasteiger partial charge in [-0.1, -0.05) is 12.1 Å². The lowest BCUT2D eigenvalue weighted by Gasteiger charge is -2.13. The normalized spacial score (nSPS) is 12.3. The molecule has 0 aliphatic rings. The minimum atomic E-state index is -1.02. The molecule has 7 heteroatoms. The van der Waals surface area contributed by atoms with Gasteiger partial charge in [-0.05, 0) is 55.0 Å². The molecule has 6 nitrogen and oxygen atoms in total. The van der Waals surface area contributed by atoms with Crippen LogP contribution in [0.1, 0.15) is 30.2 Å². The van der Waals surface area contributed by atoms with E-state index in [1.54, 1.807) is 11.8 Å². The predicted octanol–water partition coefficient (Wildman–Crippen LogP) is 2.70. The number of amides is 1. The van der Waals surface area contributed by atoms with E-state index in [1.807, 2.05) is 32.9 Å². The molecule has 0 saturated carbocycles. The molecule has 2 aromatic rings. The first-order valence-electron chi connectivity index (χ1n) is 7.87. The quantitative estimate of drug-likeness (QED) is 0.711. The Labute approximate surface area is 145 Å². The highest BCUT2D eigenvalue weighted by atomic mass is 32.2. The summed E-state index contributed by atoms with van der Waals surface area (Å²) in [4.78, 5) is 23.5. The third kappa shape index (κ3) is 4.50. The van der Waals surface area contributed by atoms with Gasteiger partial charge in [-0.15, -0.1) is 0 Å². The molecule has 1 aromatic heterocycles. The lowest BCUT2D eigenvalue weighted by Crippen LogP contribution is -2.42. The van der Waals surface area contributed by atoms with Crippen molar-refractivity contribution in [1.29, 1.82) is 0 Å². The Balaban J connectivity index is 2.06. The molecule has 1 amide bonds. The van der Waals surface area contributed by atoms with Crippen LogP contribution in [0.5, 0.6) is 0 Å². The molecule has 1 atom stereocenters. The van der Waals surface area contributed by atoms with Gasteiger partial charge in [0, 0.05) is 5.39 Å². The lowest BCUT2D eigenvalue weighted by molar-refractivity contribution is -0.141. The van der Waals surface area contributed by atoms with Gasteiger partial charge in [-0.25, -0.2) is 4.79 Å². The predicted molar refractivity (Wildman–Crippen MR) is 94.4 cm³/mol. The van der Waals surface area contributed by atoms with Crippen LogP contribution in [0.3, 0.4) is 0 Å². The zero-order valence-electron chi connectivity index (χ0n) is 14.1. The number of aryl methyl sites for hydroxylation is 2. The van der Waals surface area contributed by atoms with E-state index in [2.05, 4.69) is 10.5 Å². The summed E-state index contributed by atoms with van der Waals surface area (Å²) in [6.45, 7) is 5.98. The fourth-order valence-corrected chi connectivity index (χ4v) is 3.06. The van der Waals surface area contributed by atoms with Crippen molar-refractivity contribution in [2.75, 3.05) is 11.5 Å². The van der Waals surface area contributed by atoms with E-state index in [0.717, 1.165) is 22.3 Å². The summed E-state index contributed by atoms with van der Waals surface area (Å²) in [6.07, 6.45) is 0.400. The number of benzene rings is 1. The molecule has 0 bridgehead atoms. The second-order valence-corrected chi connectivity index (χ2v) is 7.08. The van der Waals surface area contributed by atoms with Crippen molar-refractivity contribution in [3.63, 3.8) is 0 Å². The number of fused-ring (bicyclic) bond motifs is 1. The lowest BCUT2D eigenvalue weighted by atomic mass is 10.1. The number of aromatic nitrogens is 1. The third-order valence-corrected chi connectivity index (χ3v) is 4.81. The standard InChI is InChI=1S/C17H22N2O4S/c1-4-24-6-5-13(17(21)22)18-16(20)9-14-12-7-10(2)11(3)8-15(12)23-19-14/h7-8,13H,4-6,9H2,1-3H3,(H,18,20)(H,21,22). The van der Waals surface area contributed by atoms with Gasteiger partial charge in [0.1, 0.15) is 11.7 Å². The molecular formula is C17H22N2O4S. The molecule has 0 fully saturated rings. The average molecular weight is 350 g/mol. The van der Waals surface area contributed by atoms with E-state index < -0.39 is 12.0 Å². The maximum atomic E-state index is 12.2. The highest BCUT2D eigenvalue weighted by molar-refractivity contribution is 7.99. The highest BCUT2D eigenvalue weighted by Crippen LogP contribution is 2.23. The maximum Gasteiger partial charge on any atom is 0.326 e. The number of hydrogen-bond acceptors (Lipinski definition) is 5. The molecule has 2 N–H and O–H groups in total. The Bertz CT molecular complexity index is 742. The first-order chi connectivity index (χ1) is 11.4. The van der Waals surface area contributed by atoms with Gasteiger partial charge < -0.3 is 14.9 Å². The molecule has 2 rings (SSSR count). The fourth-order valence-electron chi connectivity index (χ4n) is 2.37. The van der Waals surface area contributed by atoms with Crippen molar-refractivity contribution < 1.29 is 19.2 Å². The zero-order chi connectivity index (χ0) is 17.7. The van der Waals surface area contributed by atoms with Crippen LogP contribution in [0.4, 0.5) is 0 Å². The summed E-state index contributed by atoms with van der Waals surface area (Å²) in [6, 6.07) is 2.95. The van der Waals surface area contributed by atoms with Crippen molar-refractivity contribution in [3.8, 4) is 0 Å². The topological polar surface area (TPSA) is 92.4 Å². The fraction of sp³-hybridized carbons (Fsp3) is 0.471. The number of nitrogens with zero attached hydrogens (tertiary/aromatic N) is 1. The molecule has 0 radical (unpaired) electrons. The molecule has 24 heavy (non-hydrogen) atoms. The van der Waals surface area contributed by atoms with Crippen LogP contribution in [-0.2, 0) is 16.0 Å². The van der Waals surface area contributed by atoms with Gasteiger partial charge >= 0.3 is 5.97 Å². The van der Waals surface area contributed by atoms with Crippen molar-refractivity contribution in [2.45, 2.75) is 39.7 Å². The Kier molecular flexibility index (Phi) is 6.25. The molecule has 0 saturated heterocycles. The maximum absolute atomic E-state index is 12.2. The number of carboxylic acid groups (broad SMARTS) is 1. The monoisotopic (exact) mass is 350 g/mol. The van der Waals surface area contributed by atoms with E-state index in [-0.39, 0.29) is 12.3 Å². The summed E-state index contributed by atoms with van der Waals surface area (Å²) in [5.41, 5.74) is 3.34. The summed E-state index contributed by atoms with van der Waals surface area (Å²) >= 11 is 1.65. The van der Waals surface area contributed by atoms with E-state index >= 15 is 0 Å². The molecule has 130 valence electrons. The molecule has 1 heterocycles. The largest absolute Gasteiger partial charge is 0.480 e. The van der Waals surface area contributed by atoms with Gasteiger partial charge in [0.2, 0.25) is 5.91 Å². The molecule has 0 aliphatic heterocycles. The van der Waals surface area contributed by atoms with Crippen LogP contribution in [0.25, 0.3) is 11.0 Å². The minimum Gasteiger partial charge on any atom is -0.480 e. The van der Waals surface area contributed by atoms with Crippen LogP contribution >= 0.6 is 11.8 Å². The number of nitrogens with one attached hydrogen (secondary N) is 1. The smallest absolute Gasteiger partial charge is 0.326 e. The van der Waals surface area contributed by atoms with Crippen molar-refractivity contribution in [3.05, 3.63) is 29.0 Å². The highest BCUT2D eigenvalue weighted by Gasteiger charge is 2.21. The van der Waals surface area contributed by atoms with Gasteiger partial charge in [0.15, 0.2) is 5.58 Å². The summed E-state index contributed by atoms with van der Waals surface area (Å²) in [5.74, 6) is 0.233. The Morgan fingerprint density at radius 3 is 2.71 bits per heavy atom. The van der Waals surface area contributed by atoms with Crippen LogP contribution in [0.15, 0.2) is 16.7 Å². The molecule has 0 aliphatic carbocycles. The number of thioether (sulfide) groups is 1. The van der Waals surface area contributed by atoms with E-state index in [0.29, 0.717) is 23.5 Å². The van der Waals surface area contributed by atoms with Gasteiger partial charge in [-0.3, -0.25) is 4.79 Å². The molecule has 1 aromatic carbocycles. The first-order valence-corrected chi connectivity index (χ1v) is 9.03. The van der Waals surface area contributed by atoms with Crippen LogP contribution in [0, 0.1) is 13.8 Å². The van der Waals surface area contributed by atoms with Crippen molar-refractivity contribution >= 4 is 34.6 Å². The van der Waals surface area contributed by atoms with Gasteiger partial charge in [0.05, 0.1) is 6.42 Å². The SMILES string of the molecule is CCSCCC(NC(=O)Cc1noc2cc(C)c(C)cc12)C(=O)O. The number of carbonyl (C=O) groups is 2. The van der Waals surface area contributed by atoms with Gasteiger partial charge in [-0.2, -0.15) is 11.8 Å². The second-order valence-electron chi connectivity index (χ2n) is 5.68. The molecule has 0 spiro atoms. The van der Waals surface area contributed by atoms with E-state index in [9.17, 15) is 14.7 Å². The Hall–Kier alpha value is -2.02. The number of rotatable bonds is 8. The number of aliphatic carboxylic acids is 1. The van der Waals surface area contributed by atoms with Crippen LogP contribution in [0.2, 0.25) is 0 Å². The summed E-state index contributed by atoms with van der Waals surface area (Å²) in [5, 5.41) is 16.5. The second kappa shape index (κ2) is 8.19. The number of hydrogen-bond donors (Lipinski definition) is 2. The Morgan fingerprint density at radius 2 is 2.04 bits per heavy atom. The molecular weight excluding hydrogens is 328 g/mol. The van der Waals surface area contributed by atoms with E-state index in [1.165, 1.54) is 0 Å². The summed E-state index contributed by atoms with van der Waals surface area (Å²) in [7, 11) is 0. The third-order valence-electron chi connectivity index (χ3n) is 3.88.